The minimum Gasteiger partial charge on any atom is -0.486 e. The highest BCUT2D eigenvalue weighted by molar-refractivity contribution is 6.15. The van der Waals surface area contributed by atoms with Crippen molar-refractivity contribution in [2.75, 3.05) is 6.61 Å². The number of hydrogen-bond donors (Lipinski definition) is 1. The Hall–Kier alpha value is -2.52. The summed E-state index contributed by atoms with van der Waals surface area (Å²) in [6.45, 7) is 1.78. The first-order valence-electron chi connectivity index (χ1n) is 6.28. The number of aromatic nitrogens is 1. The number of carbonyl (C=O) groups is 1. The number of benzene rings is 1. The van der Waals surface area contributed by atoms with Crippen molar-refractivity contribution < 1.29 is 32.1 Å². The Morgan fingerprint density at radius 2 is 2.04 bits per heavy atom. The van der Waals surface area contributed by atoms with Crippen molar-refractivity contribution in [1.29, 1.82) is 0 Å². The van der Waals surface area contributed by atoms with Gasteiger partial charge < -0.3 is 14.4 Å². The summed E-state index contributed by atoms with van der Waals surface area (Å²) in [5, 5.41) is 8.83. The zero-order chi connectivity index (χ0) is 17.3. The topological polar surface area (TPSA) is 68.5 Å². The van der Waals surface area contributed by atoms with Gasteiger partial charge in [-0.15, -0.1) is 0 Å². The van der Waals surface area contributed by atoms with Crippen molar-refractivity contribution in [3.05, 3.63) is 39.7 Å². The number of hydrogen-bond acceptors (Lipinski definition) is 3. The molecule has 0 aliphatic carbocycles. The van der Waals surface area contributed by atoms with E-state index in [0.29, 0.717) is 6.07 Å². The first-order chi connectivity index (χ1) is 10.8. The maximum atomic E-state index is 13.7. The van der Waals surface area contributed by atoms with Gasteiger partial charge in [0.1, 0.15) is 12.2 Å². The van der Waals surface area contributed by atoms with Gasteiger partial charge in [-0.25, -0.2) is 9.18 Å². The van der Waals surface area contributed by atoms with E-state index in [1.165, 1.54) is 4.57 Å². The van der Waals surface area contributed by atoms with E-state index in [2.05, 4.69) is 0 Å². The molecule has 10 heteroatoms. The zero-order valence-corrected chi connectivity index (χ0v) is 11.6. The van der Waals surface area contributed by atoms with Crippen LogP contribution in [0.1, 0.15) is 23.3 Å². The number of rotatable bonds is 1. The van der Waals surface area contributed by atoms with Crippen LogP contribution in [0.2, 0.25) is 0 Å². The lowest BCUT2D eigenvalue weighted by Crippen LogP contribution is -2.27. The van der Waals surface area contributed by atoms with Crippen LogP contribution in [0.15, 0.2) is 17.1 Å². The molecule has 1 radical (unpaired) electrons. The molecular formula is C13H9BF4NO4. The Balaban J connectivity index is 0.000000595. The van der Waals surface area contributed by atoms with Crippen LogP contribution in [0.4, 0.5) is 17.4 Å². The summed E-state index contributed by atoms with van der Waals surface area (Å²) in [4.78, 5) is 23.1. The van der Waals surface area contributed by atoms with Crippen molar-refractivity contribution in [3.8, 4) is 5.75 Å². The van der Waals surface area contributed by atoms with Crippen LogP contribution in [-0.4, -0.2) is 30.1 Å². The molecule has 23 heavy (non-hydrogen) atoms. The molecule has 1 aliphatic heterocycles. The number of aromatic carboxylic acids is 1. The third-order valence-corrected chi connectivity index (χ3v) is 3.34. The van der Waals surface area contributed by atoms with Gasteiger partial charge in [0.25, 0.3) is 0 Å². The van der Waals surface area contributed by atoms with E-state index in [1.54, 1.807) is 6.92 Å². The lowest BCUT2D eigenvalue weighted by molar-refractivity contribution is 0.0694. The smallest absolute Gasteiger partial charge is 0.486 e. The lowest BCUT2D eigenvalue weighted by Gasteiger charge is -2.27. The molecule has 1 N–H and O–H groups in total. The largest absolute Gasteiger partial charge is 0.577 e. The van der Waals surface area contributed by atoms with Gasteiger partial charge in [-0.1, -0.05) is 0 Å². The van der Waals surface area contributed by atoms with Gasteiger partial charge in [0.2, 0.25) is 11.2 Å². The van der Waals surface area contributed by atoms with Gasteiger partial charge in [-0.05, 0) is 13.0 Å². The summed E-state index contributed by atoms with van der Waals surface area (Å²) in [7, 11) is -1.00. The molecule has 121 valence electrons. The average Bonchev–Trinajstić information content (AvgIpc) is 2.49. The minimum absolute atomic E-state index is 0.0599. The van der Waals surface area contributed by atoms with E-state index in [0.717, 1.165) is 6.20 Å². The van der Waals surface area contributed by atoms with E-state index in [-0.39, 0.29) is 29.3 Å². The number of carboxylic acids is 1. The number of nitrogens with zero attached hydrogens (tertiary/aromatic N) is 1. The van der Waals surface area contributed by atoms with Crippen LogP contribution in [0.5, 0.6) is 5.75 Å². The summed E-state index contributed by atoms with van der Waals surface area (Å²) in [5.74, 6) is -4.19. The van der Waals surface area contributed by atoms with Crippen LogP contribution in [0.25, 0.3) is 10.9 Å². The van der Waals surface area contributed by atoms with Crippen LogP contribution in [0, 0.1) is 11.6 Å². The molecule has 5 nitrogen and oxygen atoms in total. The quantitative estimate of drug-likeness (QED) is 0.644. The average molecular weight is 330 g/mol. The highest BCUT2D eigenvalue weighted by atomic mass is 19.2. The fourth-order valence-electron chi connectivity index (χ4n) is 2.35. The maximum Gasteiger partial charge on any atom is 0.577 e. The summed E-state index contributed by atoms with van der Waals surface area (Å²) >= 11 is 0. The molecule has 0 saturated carbocycles. The monoisotopic (exact) mass is 330 g/mol. The molecule has 0 spiro atoms. The predicted octanol–water partition coefficient (Wildman–Crippen LogP) is 2.39. The predicted molar refractivity (Wildman–Crippen MR) is 73.3 cm³/mol. The third kappa shape index (κ3) is 2.76. The Bertz CT molecular complexity index is 839. The summed E-state index contributed by atoms with van der Waals surface area (Å²) in [6.07, 6.45) is 1.14. The molecular weight excluding hydrogens is 321 g/mol. The second-order valence-corrected chi connectivity index (χ2v) is 4.72. The molecule has 3 rings (SSSR count). The van der Waals surface area contributed by atoms with Crippen LogP contribution >= 0.6 is 0 Å². The normalized spacial score (nSPS) is 15.4. The van der Waals surface area contributed by atoms with E-state index < -0.39 is 36.4 Å². The van der Waals surface area contributed by atoms with Gasteiger partial charge in [0.15, 0.2) is 11.6 Å². The summed E-state index contributed by atoms with van der Waals surface area (Å²) < 4.78 is 52.8. The number of pyridine rings is 1. The standard InChI is InChI=1S/C13H9F2NO4.BF2/c1-5-4-20-12-9(15)8(14)2-6-10(12)16(5)3-7(11(6)17)13(18)19;2-1-3/h2-3,5H,4H2,1H3,(H,18,19);/t5-;/m0./s1. The van der Waals surface area contributed by atoms with Gasteiger partial charge in [0, 0.05) is 6.20 Å². The van der Waals surface area contributed by atoms with E-state index in [1.807, 2.05) is 0 Å². The maximum absolute atomic E-state index is 13.7. The Kier molecular flexibility index (Phi) is 4.62. The molecule has 0 saturated heterocycles. The number of ether oxygens (including phenoxy) is 1. The van der Waals surface area contributed by atoms with E-state index in [9.17, 15) is 27.0 Å². The second kappa shape index (κ2) is 6.31. The van der Waals surface area contributed by atoms with Crippen molar-refractivity contribution in [3.63, 3.8) is 0 Å². The fraction of sp³-hybridized carbons (Fsp3) is 0.231. The van der Waals surface area contributed by atoms with E-state index in [4.69, 9.17) is 9.84 Å². The minimum atomic E-state index is -1.41. The molecule has 1 aromatic heterocycles. The van der Waals surface area contributed by atoms with Crippen molar-refractivity contribution >= 4 is 24.7 Å². The van der Waals surface area contributed by atoms with Gasteiger partial charge in [-0.3, -0.25) is 13.4 Å². The first kappa shape index (κ1) is 16.8. The Morgan fingerprint density at radius 3 is 2.61 bits per heavy atom. The Morgan fingerprint density at radius 1 is 1.43 bits per heavy atom. The van der Waals surface area contributed by atoms with Crippen molar-refractivity contribution in [1.82, 2.24) is 4.57 Å². The Labute approximate surface area is 127 Å². The van der Waals surface area contributed by atoms with Crippen molar-refractivity contribution in [2.45, 2.75) is 13.0 Å². The SMILES string of the molecule is C[C@H]1COc2c(F)c(F)cc3c(=O)c(C(=O)O)cn1c23.F[B]F. The summed E-state index contributed by atoms with van der Waals surface area (Å²) in [6, 6.07) is 0.412. The number of halogens is 4. The first-order valence-corrected chi connectivity index (χ1v) is 6.28. The lowest BCUT2D eigenvalue weighted by atomic mass is 10.1. The van der Waals surface area contributed by atoms with E-state index >= 15 is 0 Å². The highest BCUT2D eigenvalue weighted by Crippen LogP contribution is 2.35. The molecule has 1 atom stereocenters. The zero-order valence-electron chi connectivity index (χ0n) is 11.6. The molecule has 2 heterocycles. The third-order valence-electron chi connectivity index (χ3n) is 3.34. The van der Waals surface area contributed by atoms with Crippen molar-refractivity contribution in [2.24, 2.45) is 0 Å². The molecule has 0 fully saturated rings. The molecule has 1 aliphatic rings. The second-order valence-electron chi connectivity index (χ2n) is 4.72. The van der Waals surface area contributed by atoms with Crippen LogP contribution in [0.3, 0.4) is 0 Å². The van der Waals surface area contributed by atoms with Crippen LogP contribution < -0.4 is 10.2 Å². The van der Waals surface area contributed by atoms with Gasteiger partial charge in [0.05, 0.1) is 16.9 Å². The molecule has 0 amide bonds. The number of carboxylic acid groups (broad SMARTS) is 1. The van der Waals surface area contributed by atoms with Gasteiger partial charge in [-0.2, -0.15) is 4.39 Å². The highest BCUT2D eigenvalue weighted by Gasteiger charge is 2.27. The fourth-order valence-corrected chi connectivity index (χ4v) is 2.35. The summed E-state index contributed by atoms with van der Waals surface area (Å²) in [5.41, 5.74) is -1.26. The van der Waals surface area contributed by atoms with Gasteiger partial charge >= 0.3 is 13.8 Å². The van der Waals surface area contributed by atoms with Crippen LogP contribution in [-0.2, 0) is 0 Å². The molecule has 0 bridgehead atoms. The molecule has 2 aromatic rings. The molecule has 1 aromatic carbocycles. The molecule has 0 unspecified atom stereocenters.